The Morgan fingerprint density at radius 3 is 1.76 bits per heavy atom. The minimum atomic E-state index is -3.44. The van der Waals surface area contributed by atoms with Gasteiger partial charge < -0.3 is 0 Å². The van der Waals surface area contributed by atoms with E-state index in [-0.39, 0.29) is 30.8 Å². The number of halogens is 1. The molecule has 0 atom stereocenters. The van der Waals surface area contributed by atoms with Gasteiger partial charge in [0.05, 0.1) is 0 Å². The highest BCUT2D eigenvalue weighted by Gasteiger charge is 2.32. The van der Waals surface area contributed by atoms with Crippen LogP contribution in [-0.4, -0.2) is 74.7 Å². The Morgan fingerprint density at radius 2 is 1.41 bits per heavy atom. The zero-order chi connectivity index (χ0) is 13.3. The van der Waals surface area contributed by atoms with Crippen LogP contribution in [0, 0.1) is 0 Å². The van der Waals surface area contributed by atoms with Crippen LogP contribution in [0.2, 0.25) is 0 Å². The molecule has 1 fully saturated rings. The normalized spacial score (nSPS) is 20.9. The average molecular weight is 350 g/mol. The third kappa shape index (κ3) is 3.38. The van der Waals surface area contributed by atoms with Crippen LogP contribution in [0.15, 0.2) is 0 Å². The van der Waals surface area contributed by atoms with E-state index >= 15 is 0 Å². The first-order valence-electron chi connectivity index (χ1n) is 4.93. The molecular formula is C7H16BrN3O4S2. The maximum atomic E-state index is 11.8. The van der Waals surface area contributed by atoms with Gasteiger partial charge in [0, 0.05) is 40.3 Å². The molecule has 102 valence electrons. The molecule has 0 unspecified atom stereocenters. The lowest BCUT2D eigenvalue weighted by Gasteiger charge is -2.34. The first kappa shape index (κ1) is 15.3. The zero-order valence-corrected chi connectivity index (χ0v) is 12.9. The molecule has 0 spiro atoms. The smallest absolute Gasteiger partial charge is 0.211 e. The number of sulfonamides is 1. The molecule has 1 heterocycles. The van der Waals surface area contributed by atoms with Gasteiger partial charge in [0.15, 0.2) is 0 Å². The first-order chi connectivity index (χ1) is 7.71. The molecule has 1 saturated heterocycles. The van der Waals surface area contributed by atoms with Crippen molar-refractivity contribution in [3.05, 3.63) is 0 Å². The van der Waals surface area contributed by atoms with Crippen molar-refractivity contribution in [3.63, 3.8) is 0 Å². The van der Waals surface area contributed by atoms with Gasteiger partial charge in [0.1, 0.15) is 4.66 Å². The van der Waals surface area contributed by atoms with Crippen LogP contribution in [0.4, 0.5) is 0 Å². The minimum absolute atomic E-state index is 0.138. The van der Waals surface area contributed by atoms with Gasteiger partial charge in [0.25, 0.3) is 10.2 Å². The standard InChI is InChI=1S/C7H16BrN3O4S2/c1-9(2)17(14,15)11-5-3-10(4-6-11)16(12,13)7-8/h3-7H2,1-2H3. The van der Waals surface area contributed by atoms with E-state index in [2.05, 4.69) is 15.9 Å². The SMILES string of the molecule is CN(C)S(=O)(=O)N1CCN(S(=O)(=O)CBr)CC1. The van der Waals surface area contributed by atoms with Crippen molar-refractivity contribution in [2.45, 2.75) is 0 Å². The largest absolute Gasteiger partial charge is 0.281 e. The minimum Gasteiger partial charge on any atom is -0.211 e. The maximum Gasteiger partial charge on any atom is 0.281 e. The van der Waals surface area contributed by atoms with E-state index in [1.165, 1.54) is 22.7 Å². The lowest BCUT2D eigenvalue weighted by atomic mass is 10.4. The van der Waals surface area contributed by atoms with Crippen LogP contribution in [0.5, 0.6) is 0 Å². The molecule has 1 rings (SSSR count). The number of rotatable bonds is 4. The summed E-state index contributed by atoms with van der Waals surface area (Å²) >= 11 is 2.91. The van der Waals surface area contributed by atoms with E-state index in [1.807, 2.05) is 0 Å². The van der Waals surface area contributed by atoms with E-state index in [4.69, 9.17) is 0 Å². The van der Waals surface area contributed by atoms with E-state index in [0.717, 1.165) is 4.31 Å². The highest BCUT2D eigenvalue weighted by atomic mass is 79.9. The molecule has 1 aliphatic heterocycles. The van der Waals surface area contributed by atoms with Gasteiger partial charge >= 0.3 is 0 Å². The summed E-state index contributed by atoms with van der Waals surface area (Å²) in [6.07, 6.45) is 0. The third-order valence-electron chi connectivity index (χ3n) is 2.52. The zero-order valence-electron chi connectivity index (χ0n) is 9.70. The summed E-state index contributed by atoms with van der Waals surface area (Å²) in [5.41, 5.74) is 0. The highest BCUT2D eigenvalue weighted by molar-refractivity contribution is 9.10. The Balaban J connectivity index is 2.70. The molecule has 0 N–H and O–H groups in total. The van der Waals surface area contributed by atoms with E-state index < -0.39 is 20.2 Å². The molecular weight excluding hydrogens is 334 g/mol. The van der Waals surface area contributed by atoms with E-state index in [1.54, 1.807) is 0 Å². The summed E-state index contributed by atoms with van der Waals surface area (Å²) in [5.74, 6) is 0. The highest BCUT2D eigenvalue weighted by Crippen LogP contribution is 2.13. The molecule has 0 aromatic carbocycles. The summed E-state index contributed by atoms with van der Waals surface area (Å²) in [6, 6.07) is 0. The Bertz CT molecular complexity index is 454. The Morgan fingerprint density at radius 1 is 1.00 bits per heavy atom. The molecule has 0 saturated carbocycles. The molecule has 0 amide bonds. The predicted molar refractivity (Wildman–Crippen MR) is 68.5 cm³/mol. The van der Waals surface area contributed by atoms with Gasteiger partial charge in [0.2, 0.25) is 10.0 Å². The lowest BCUT2D eigenvalue weighted by molar-refractivity contribution is 0.263. The van der Waals surface area contributed by atoms with Crippen LogP contribution in [0.3, 0.4) is 0 Å². The molecule has 7 nitrogen and oxygen atoms in total. The molecule has 0 aromatic heterocycles. The molecule has 0 aliphatic carbocycles. The van der Waals surface area contributed by atoms with Crippen molar-refractivity contribution < 1.29 is 16.8 Å². The van der Waals surface area contributed by atoms with Crippen LogP contribution >= 0.6 is 15.9 Å². The lowest BCUT2D eigenvalue weighted by Crippen LogP contribution is -2.53. The Hall–Kier alpha value is 0.260. The number of alkyl halides is 1. The fraction of sp³-hybridized carbons (Fsp3) is 1.00. The third-order valence-corrected chi connectivity index (χ3v) is 7.62. The summed E-state index contributed by atoms with van der Waals surface area (Å²) < 4.78 is 50.2. The van der Waals surface area contributed by atoms with Crippen molar-refractivity contribution in [1.82, 2.24) is 12.9 Å². The van der Waals surface area contributed by atoms with Crippen molar-refractivity contribution in [1.29, 1.82) is 0 Å². The van der Waals surface area contributed by atoms with Crippen molar-refractivity contribution in [2.24, 2.45) is 0 Å². The monoisotopic (exact) mass is 349 g/mol. The van der Waals surface area contributed by atoms with Crippen molar-refractivity contribution in [3.8, 4) is 0 Å². The van der Waals surface area contributed by atoms with Crippen LogP contribution in [-0.2, 0) is 20.2 Å². The van der Waals surface area contributed by atoms with Crippen LogP contribution < -0.4 is 0 Å². The summed E-state index contributed by atoms with van der Waals surface area (Å²) in [7, 11) is -3.83. The quantitative estimate of drug-likeness (QED) is 0.615. The first-order valence-corrected chi connectivity index (χ1v) is 9.06. The van der Waals surface area contributed by atoms with Gasteiger partial charge in [-0.2, -0.15) is 21.3 Å². The molecule has 0 radical (unpaired) electrons. The molecule has 17 heavy (non-hydrogen) atoms. The summed E-state index contributed by atoms with van der Waals surface area (Å²) in [5, 5.41) is 0. The van der Waals surface area contributed by atoms with Crippen molar-refractivity contribution >= 4 is 36.2 Å². The number of hydrogen-bond acceptors (Lipinski definition) is 4. The van der Waals surface area contributed by atoms with Crippen LogP contribution in [0.1, 0.15) is 0 Å². The van der Waals surface area contributed by atoms with Gasteiger partial charge in [-0.1, -0.05) is 15.9 Å². The second kappa shape index (κ2) is 5.49. The summed E-state index contributed by atoms with van der Waals surface area (Å²) in [6.45, 7) is 0.765. The van der Waals surface area contributed by atoms with E-state index in [9.17, 15) is 16.8 Å². The predicted octanol–water partition coefficient (Wildman–Crippen LogP) is -0.907. The van der Waals surface area contributed by atoms with Gasteiger partial charge in [-0.15, -0.1) is 0 Å². The second-order valence-corrected chi connectivity index (χ2v) is 9.22. The van der Waals surface area contributed by atoms with E-state index in [0.29, 0.717) is 0 Å². The molecule has 0 bridgehead atoms. The number of hydrogen-bond donors (Lipinski definition) is 0. The number of piperazine rings is 1. The topological polar surface area (TPSA) is 78.0 Å². The Labute approximate surface area is 111 Å². The fourth-order valence-electron chi connectivity index (χ4n) is 1.48. The maximum absolute atomic E-state index is 11.8. The second-order valence-electron chi connectivity index (χ2n) is 3.81. The van der Waals surface area contributed by atoms with Gasteiger partial charge in [-0.25, -0.2) is 8.42 Å². The fourth-order valence-corrected chi connectivity index (χ4v) is 4.29. The average Bonchev–Trinajstić information content (AvgIpc) is 2.29. The number of nitrogens with zero attached hydrogens (tertiary/aromatic N) is 3. The molecule has 10 heteroatoms. The van der Waals surface area contributed by atoms with Gasteiger partial charge in [-0.3, -0.25) is 0 Å². The van der Waals surface area contributed by atoms with Gasteiger partial charge in [-0.05, 0) is 0 Å². The summed E-state index contributed by atoms with van der Waals surface area (Å²) in [4.78, 5) is 0. The molecule has 0 aromatic rings. The van der Waals surface area contributed by atoms with Crippen LogP contribution in [0.25, 0.3) is 0 Å². The Kier molecular flexibility index (Phi) is 4.95. The molecule has 1 aliphatic rings. The van der Waals surface area contributed by atoms with Crippen molar-refractivity contribution in [2.75, 3.05) is 44.9 Å².